The SMILES string of the molecule is COCCCN1C(=O)N(Cc2ccccc2)C2(CCN(C(=O)C3CCC3)CC2)C1=O. The van der Waals surface area contributed by atoms with Gasteiger partial charge in [0.05, 0.1) is 0 Å². The number of carbonyl (C=O) groups excluding carboxylic acids is 3. The van der Waals surface area contributed by atoms with Crippen LogP contribution in [-0.4, -0.2) is 71.4 Å². The van der Waals surface area contributed by atoms with Gasteiger partial charge in [0, 0.05) is 45.8 Å². The second-order valence-corrected chi connectivity index (χ2v) is 8.64. The maximum atomic E-state index is 13.5. The van der Waals surface area contributed by atoms with E-state index in [1.165, 1.54) is 4.90 Å². The predicted octanol–water partition coefficient (Wildman–Crippen LogP) is 2.65. The average Bonchev–Trinajstić information content (AvgIpc) is 2.90. The van der Waals surface area contributed by atoms with E-state index in [4.69, 9.17) is 4.74 Å². The summed E-state index contributed by atoms with van der Waals surface area (Å²) in [6.45, 7) is 2.34. The molecule has 0 bridgehead atoms. The molecule has 3 fully saturated rings. The lowest BCUT2D eigenvalue weighted by Crippen LogP contribution is -2.58. The Labute approximate surface area is 177 Å². The molecule has 3 aliphatic rings. The van der Waals surface area contributed by atoms with Crippen molar-refractivity contribution in [1.82, 2.24) is 14.7 Å². The van der Waals surface area contributed by atoms with Gasteiger partial charge < -0.3 is 14.5 Å². The Morgan fingerprint density at radius 3 is 2.43 bits per heavy atom. The van der Waals surface area contributed by atoms with Crippen LogP contribution in [0.3, 0.4) is 0 Å². The maximum absolute atomic E-state index is 13.5. The summed E-state index contributed by atoms with van der Waals surface area (Å²) in [4.78, 5) is 44.5. The topological polar surface area (TPSA) is 70.2 Å². The fourth-order valence-corrected chi connectivity index (χ4v) is 4.83. The van der Waals surface area contributed by atoms with Gasteiger partial charge in [-0.1, -0.05) is 36.8 Å². The van der Waals surface area contributed by atoms with E-state index >= 15 is 0 Å². The molecule has 0 radical (unpaired) electrons. The Morgan fingerprint density at radius 1 is 1.13 bits per heavy atom. The summed E-state index contributed by atoms with van der Waals surface area (Å²) in [5, 5.41) is 0. The summed E-state index contributed by atoms with van der Waals surface area (Å²) in [5.74, 6) is 0.264. The van der Waals surface area contributed by atoms with Crippen molar-refractivity contribution in [2.24, 2.45) is 5.92 Å². The van der Waals surface area contributed by atoms with Crippen LogP contribution in [0.2, 0.25) is 0 Å². The van der Waals surface area contributed by atoms with Gasteiger partial charge in [0.1, 0.15) is 5.54 Å². The van der Waals surface area contributed by atoms with E-state index in [0.717, 1.165) is 24.8 Å². The van der Waals surface area contributed by atoms with E-state index in [2.05, 4.69) is 0 Å². The number of imide groups is 1. The van der Waals surface area contributed by atoms with Gasteiger partial charge in [0.25, 0.3) is 5.91 Å². The van der Waals surface area contributed by atoms with E-state index in [0.29, 0.717) is 52.0 Å². The molecule has 4 rings (SSSR count). The number of hydrogen-bond acceptors (Lipinski definition) is 4. The van der Waals surface area contributed by atoms with E-state index < -0.39 is 5.54 Å². The summed E-state index contributed by atoms with van der Waals surface area (Å²) >= 11 is 0. The number of amides is 4. The number of ether oxygens (including phenoxy) is 1. The second-order valence-electron chi connectivity index (χ2n) is 8.64. The number of hydrogen-bond donors (Lipinski definition) is 0. The average molecular weight is 414 g/mol. The Hall–Kier alpha value is -2.41. The lowest BCUT2D eigenvalue weighted by molar-refractivity contribution is -0.145. The Kier molecular flexibility index (Phi) is 6.09. The molecule has 7 heteroatoms. The first-order valence-electron chi connectivity index (χ1n) is 11.0. The lowest BCUT2D eigenvalue weighted by Gasteiger charge is -2.43. The van der Waals surface area contributed by atoms with Crippen LogP contribution >= 0.6 is 0 Å². The number of urea groups is 1. The lowest BCUT2D eigenvalue weighted by atomic mass is 9.81. The fraction of sp³-hybridized carbons (Fsp3) is 0.609. The quantitative estimate of drug-likeness (QED) is 0.509. The van der Waals surface area contributed by atoms with Crippen LogP contribution in [0.4, 0.5) is 4.79 Å². The summed E-state index contributed by atoms with van der Waals surface area (Å²) in [5.41, 5.74) is 0.154. The zero-order valence-electron chi connectivity index (χ0n) is 17.7. The first-order valence-corrected chi connectivity index (χ1v) is 11.0. The van der Waals surface area contributed by atoms with Crippen LogP contribution < -0.4 is 0 Å². The van der Waals surface area contributed by atoms with Gasteiger partial charge in [-0.05, 0) is 37.7 Å². The molecule has 7 nitrogen and oxygen atoms in total. The highest BCUT2D eigenvalue weighted by molar-refractivity contribution is 6.07. The minimum absolute atomic E-state index is 0.115. The number of benzene rings is 1. The van der Waals surface area contributed by atoms with Crippen LogP contribution in [0.5, 0.6) is 0 Å². The Balaban J connectivity index is 1.53. The normalized spacial score (nSPS) is 21.4. The van der Waals surface area contributed by atoms with Crippen LogP contribution in [0.15, 0.2) is 30.3 Å². The smallest absolute Gasteiger partial charge is 0.327 e. The van der Waals surface area contributed by atoms with E-state index in [1.54, 1.807) is 12.0 Å². The molecular formula is C23H31N3O4. The number of carbonyl (C=O) groups is 3. The first kappa shape index (κ1) is 20.8. The molecular weight excluding hydrogens is 382 g/mol. The van der Waals surface area contributed by atoms with Crippen molar-refractivity contribution in [3.05, 3.63) is 35.9 Å². The predicted molar refractivity (Wildman–Crippen MR) is 111 cm³/mol. The number of piperidine rings is 1. The maximum Gasteiger partial charge on any atom is 0.327 e. The molecule has 1 aliphatic carbocycles. The fourth-order valence-electron chi connectivity index (χ4n) is 4.83. The molecule has 30 heavy (non-hydrogen) atoms. The molecule has 2 saturated heterocycles. The van der Waals surface area contributed by atoms with Gasteiger partial charge in [0.15, 0.2) is 0 Å². The summed E-state index contributed by atoms with van der Waals surface area (Å²) < 4.78 is 5.10. The molecule has 0 aromatic heterocycles. The molecule has 162 valence electrons. The molecule has 1 spiro atoms. The van der Waals surface area contributed by atoms with E-state index in [9.17, 15) is 14.4 Å². The number of methoxy groups -OCH3 is 1. The highest BCUT2D eigenvalue weighted by Crippen LogP contribution is 2.39. The van der Waals surface area contributed by atoms with Crippen molar-refractivity contribution in [2.75, 3.05) is 33.4 Å². The van der Waals surface area contributed by atoms with Crippen LogP contribution in [-0.2, 0) is 20.9 Å². The number of nitrogens with zero attached hydrogens (tertiary/aromatic N) is 3. The van der Waals surface area contributed by atoms with Gasteiger partial charge in [-0.15, -0.1) is 0 Å². The zero-order valence-corrected chi connectivity index (χ0v) is 17.7. The summed E-state index contributed by atoms with van der Waals surface area (Å²) in [6, 6.07) is 9.57. The van der Waals surface area contributed by atoms with Gasteiger partial charge >= 0.3 is 6.03 Å². The zero-order chi connectivity index (χ0) is 21.1. The van der Waals surface area contributed by atoms with Crippen molar-refractivity contribution < 1.29 is 19.1 Å². The monoisotopic (exact) mass is 413 g/mol. The standard InChI is InChI=1S/C23H31N3O4/c1-30-16-6-13-25-21(28)23(26(22(25)29)17-18-7-3-2-4-8-18)11-14-24(15-12-23)20(27)19-9-5-10-19/h2-4,7-8,19H,5-6,9-17H2,1H3. The molecule has 0 N–H and O–H groups in total. The third-order valence-electron chi connectivity index (χ3n) is 6.89. The summed E-state index contributed by atoms with van der Waals surface area (Å²) in [6.07, 6.45) is 4.71. The molecule has 2 heterocycles. The molecule has 2 aliphatic heterocycles. The van der Waals surface area contributed by atoms with E-state index in [1.807, 2.05) is 35.2 Å². The van der Waals surface area contributed by atoms with Crippen LogP contribution in [0.25, 0.3) is 0 Å². The largest absolute Gasteiger partial charge is 0.385 e. The molecule has 0 atom stereocenters. The number of rotatable bonds is 7. The van der Waals surface area contributed by atoms with Gasteiger partial charge in [-0.2, -0.15) is 0 Å². The third kappa shape index (κ3) is 3.71. The van der Waals surface area contributed by atoms with E-state index in [-0.39, 0.29) is 23.8 Å². The van der Waals surface area contributed by atoms with Crippen LogP contribution in [0.1, 0.15) is 44.1 Å². The van der Waals surface area contributed by atoms with Crippen molar-refractivity contribution in [3.8, 4) is 0 Å². The minimum Gasteiger partial charge on any atom is -0.385 e. The highest BCUT2D eigenvalue weighted by atomic mass is 16.5. The third-order valence-corrected chi connectivity index (χ3v) is 6.89. The molecule has 0 unspecified atom stereocenters. The molecule has 1 aromatic rings. The van der Waals surface area contributed by atoms with Gasteiger partial charge in [0.2, 0.25) is 5.91 Å². The molecule has 1 saturated carbocycles. The molecule has 4 amide bonds. The van der Waals surface area contributed by atoms with Crippen molar-refractivity contribution in [2.45, 2.75) is 50.6 Å². The molecule has 1 aromatic carbocycles. The minimum atomic E-state index is -0.851. The van der Waals surface area contributed by atoms with Crippen LogP contribution in [0, 0.1) is 5.92 Å². The Morgan fingerprint density at radius 2 is 1.83 bits per heavy atom. The van der Waals surface area contributed by atoms with Gasteiger partial charge in [-0.3, -0.25) is 14.5 Å². The summed E-state index contributed by atoms with van der Waals surface area (Å²) in [7, 11) is 1.62. The van der Waals surface area contributed by atoms with Crippen molar-refractivity contribution >= 4 is 17.8 Å². The number of likely N-dealkylation sites (tertiary alicyclic amines) is 1. The van der Waals surface area contributed by atoms with Gasteiger partial charge in [-0.25, -0.2) is 4.79 Å². The Bertz CT molecular complexity index is 785. The highest BCUT2D eigenvalue weighted by Gasteiger charge is 2.58. The second kappa shape index (κ2) is 8.76. The van der Waals surface area contributed by atoms with Crippen molar-refractivity contribution in [1.29, 1.82) is 0 Å². The first-order chi connectivity index (χ1) is 14.6. The van der Waals surface area contributed by atoms with Crippen molar-refractivity contribution in [3.63, 3.8) is 0 Å².